The molecule has 0 atom stereocenters. The van der Waals surface area contributed by atoms with Gasteiger partial charge in [-0.2, -0.15) is 18.4 Å². The van der Waals surface area contributed by atoms with Crippen molar-refractivity contribution in [2.45, 2.75) is 25.6 Å². The minimum Gasteiger partial charge on any atom is -0.302 e. The SMILES string of the molecule is CN=c1ccc(N2C(=S)N(c3ccc(C#N)c(C(F)(F)F)c3)C(=O)C2(C)C)cn1C=O. The van der Waals surface area contributed by atoms with E-state index in [9.17, 15) is 22.8 Å². The maximum atomic E-state index is 13.4. The summed E-state index contributed by atoms with van der Waals surface area (Å²) in [7, 11) is 1.51. The van der Waals surface area contributed by atoms with Crippen molar-refractivity contribution in [1.82, 2.24) is 4.57 Å². The first-order chi connectivity index (χ1) is 14.5. The van der Waals surface area contributed by atoms with E-state index >= 15 is 0 Å². The van der Waals surface area contributed by atoms with E-state index in [0.29, 0.717) is 17.6 Å². The monoisotopic (exact) mass is 447 g/mol. The lowest BCUT2D eigenvalue weighted by atomic mass is 10.0. The minimum atomic E-state index is -4.78. The molecule has 1 aromatic carbocycles. The second-order valence-electron chi connectivity index (χ2n) is 7.14. The Kier molecular flexibility index (Phi) is 5.45. The summed E-state index contributed by atoms with van der Waals surface area (Å²) in [6.45, 7) is 3.14. The molecule has 1 fully saturated rings. The van der Waals surface area contributed by atoms with E-state index in [1.54, 1.807) is 26.0 Å². The van der Waals surface area contributed by atoms with E-state index in [1.165, 1.54) is 34.8 Å². The van der Waals surface area contributed by atoms with E-state index in [4.69, 9.17) is 17.5 Å². The van der Waals surface area contributed by atoms with Gasteiger partial charge in [-0.15, -0.1) is 0 Å². The van der Waals surface area contributed by atoms with Crippen LogP contribution in [0.2, 0.25) is 0 Å². The number of nitriles is 1. The van der Waals surface area contributed by atoms with Crippen molar-refractivity contribution >= 4 is 41.0 Å². The Balaban J connectivity index is 2.15. The second-order valence-corrected chi connectivity index (χ2v) is 7.50. The van der Waals surface area contributed by atoms with Gasteiger partial charge >= 0.3 is 6.18 Å². The first-order valence-corrected chi connectivity index (χ1v) is 9.28. The van der Waals surface area contributed by atoms with E-state index < -0.39 is 28.7 Å². The molecule has 11 heteroatoms. The summed E-state index contributed by atoms with van der Waals surface area (Å²) in [5, 5.41) is 8.94. The molecule has 0 bridgehead atoms. The summed E-state index contributed by atoms with van der Waals surface area (Å²) in [6, 6.07) is 7.63. The standard InChI is InChI=1S/C20H16F3N5O2S/c1-19(2)17(30)27(13-5-4-12(9-24)15(8-13)20(21,22)23)18(31)28(19)14-6-7-16(25-3)26(10-14)11-29/h4-8,10-11H,1-3H3. The number of nitrogens with zero attached hydrogens (tertiary/aromatic N) is 5. The van der Waals surface area contributed by atoms with Crippen LogP contribution < -0.4 is 15.3 Å². The number of hydrogen-bond acceptors (Lipinski definition) is 5. The fraction of sp³-hybridized carbons (Fsp3) is 0.250. The summed E-state index contributed by atoms with van der Waals surface area (Å²) in [4.78, 5) is 31.0. The number of hydrogen-bond donors (Lipinski definition) is 0. The molecule has 0 saturated carbocycles. The molecular formula is C20H16F3N5O2S. The smallest absolute Gasteiger partial charge is 0.302 e. The summed E-state index contributed by atoms with van der Waals surface area (Å²) in [6.07, 6.45) is -2.82. The molecule has 0 aliphatic carbocycles. The molecule has 0 radical (unpaired) electrons. The summed E-state index contributed by atoms with van der Waals surface area (Å²) >= 11 is 5.45. The van der Waals surface area contributed by atoms with Crippen molar-refractivity contribution in [1.29, 1.82) is 5.26 Å². The molecule has 1 aromatic heterocycles. The van der Waals surface area contributed by atoms with Gasteiger partial charge in [0, 0.05) is 13.2 Å². The van der Waals surface area contributed by atoms with Crippen LogP contribution in [0.15, 0.2) is 41.5 Å². The lowest BCUT2D eigenvalue weighted by Gasteiger charge is -2.29. The third-order valence-corrected chi connectivity index (χ3v) is 5.26. The van der Waals surface area contributed by atoms with Crippen LogP contribution in [0.25, 0.3) is 0 Å². The predicted octanol–water partition coefficient (Wildman–Crippen LogP) is 2.86. The highest BCUT2D eigenvalue weighted by molar-refractivity contribution is 7.81. The number of alkyl halides is 3. The number of amides is 1. The molecule has 1 aliphatic heterocycles. The Morgan fingerprint density at radius 3 is 2.39 bits per heavy atom. The Bertz CT molecular complexity index is 1210. The number of rotatable bonds is 3. The Labute approximate surface area is 180 Å². The van der Waals surface area contributed by atoms with Crippen molar-refractivity contribution in [2.24, 2.45) is 4.99 Å². The zero-order valence-electron chi connectivity index (χ0n) is 16.6. The maximum Gasteiger partial charge on any atom is 0.417 e. The van der Waals surface area contributed by atoms with Crippen LogP contribution in [-0.2, 0) is 15.8 Å². The molecule has 1 saturated heterocycles. The first kappa shape index (κ1) is 22.2. The average Bonchev–Trinajstić information content (AvgIpc) is 2.90. The molecule has 160 valence electrons. The predicted molar refractivity (Wildman–Crippen MR) is 111 cm³/mol. The van der Waals surface area contributed by atoms with Crippen LogP contribution in [0.3, 0.4) is 0 Å². The van der Waals surface area contributed by atoms with Gasteiger partial charge in [0.1, 0.15) is 11.0 Å². The number of benzene rings is 1. The molecule has 0 unspecified atom stereocenters. The fourth-order valence-electron chi connectivity index (χ4n) is 3.36. The third-order valence-electron chi connectivity index (χ3n) is 4.90. The van der Waals surface area contributed by atoms with Crippen LogP contribution in [0, 0.1) is 11.3 Å². The molecule has 1 aliphatic rings. The van der Waals surface area contributed by atoms with E-state index in [0.717, 1.165) is 17.0 Å². The third kappa shape index (κ3) is 3.59. The highest BCUT2D eigenvalue weighted by Crippen LogP contribution is 2.39. The molecule has 31 heavy (non-hydrogen) atoms. The molecule has 2 heterocycles. The first-order valence-electron chi connectivity index (χ1n) is 8.87. The molecular weight excluding hydrogens is 431 g/mol. The fourth-order valence-corrected chi connectivity index (χ4v) is 3.89. The van der Waals surface area contributed by atoms with Gasteiger partial charge < -0.3 is 4.90 Å². The van der Waals surface area contributed by atoms with Gasteiger partial charge in [0.25, 0.3) is 5.91 Å². The van der Waals surface area contributed by atoms with Gasteiger partial charge in [0.15, 0.2) is 5.11 Å². The van der Waals surface area contributed by atoms with Crippen LogP contribution in [0.5, 0.6) is 0 Å². The number of halogens is 3. The topological polar surface area (TPSA) is 81.7 Å². The second kappa shape index (κ2) is 7.63. The van der Waals surface area contributed by atoms with Crippen molar-refractivity contribution < 1.29 is 22.8 Å². The average molecular weight is 447 g/mol. The zero-order valence-corrected chi connectivity index (χ0v) is 17.5. The van der Waals surface area contributed by atoms with Crippen LogP contribution in [0.1, 0.15) is 25.0 Å². The van der Waals surface area contributed by atoms with Crippen molar-refractivity contribution in [3.05, 3.63) is 53.1 Å². The van der Waals surface area contributed by atoms with Crippen molar-refractivity contribution in [2.75, 3.05) is 16.8 Å². The number of anilines is 2. The van der Waals surface area contributed by atoms with Gasteiger partial charge in [-0.1, -0.05) is 0 Å². The van der Waals surface area contributed by atoms with Gasteiger partial charge in [-0.3, -0.25) is 24.0 Å². The molecule has 2 aromatic rings. The Morgan fingerprint density at radius 1 is 1.19 bits per heavy atom. The van der Waals surface area contributed by atoms with Crippen molar-refractivity contribution in [3.8, 4) is 6.07 Å². The molecule has 3 rings (SSSR count). The van der Waals surface area contributed by atoms with E-state index in [2.05, 4.69) is 4.99 Å². The van der Waals surface area contributed by atoms with Crippen LogP contribution in [-0.4, -0.2) is 34.6 Å². The van der Waals surface area contributed by atoms with Crippen molar-refractivity contribution in [3.63, 3.8) is 0 Å². The summed E-state index contributed by atoms with van der Waals surface area (Å²) in [5.74, 6) is -0.558. The normalized spacial score (nSPS) is 16.6. The molecule has 7 nitrogen and oxygen atoms in total. The largest absolute Gasteiger partial charge is 0.417 e. The van der Waals surface area contributed by atoms with Gasteiger partial charge in [-0.05, 0) is 56.4 Å². The lowest BCUT2D eigenvalue weighted by Crippen LogP contribution is -2.44. The quantitative estimate of drug-likeness (QED) is 0.534. The van der Waals surface area contributed by atoms with Crippen LogP contribution in [0.4, 0.5) is 24.5 Å². The minimum absolute atomic E-state index is 0.0635. The highest BCUT2D eigenvalue weighted by Gasteiger charge is 2.50. The maximum absolute atomic E-state index is 13.4. The number of carbonyl (C=O) groups excluding carboxylic acids is 2. The van der Waals surface area contributed by atoms with Gasteiger partial charge in [0.05, 0.1) is 28.6 Å². The van der Waals surface area contributed by atoms with Gasteiger partial charge in [-0.25, -0.2) is 0 Å². The van der Waals surface area contributed by atoms with Crippen LogP contribution >= 0.6 is 12.2 Å². The number of carbonyl (C=O) groups is 2. The highest BCUT2D eigenvalue weighted by atomic mass is 32.1. The number of thiocarbonyl (C=S) groups is 1. The molecule has 1 amide bonds. The Hall–Kier alpha value is -3.52. The molecule has 0 N–H and O–H groups in total. The van der Waals surface area contributed by atoms with Gasteiger partial charge in [0.2, 0.25) is 6.41 Å². The van der Waals surface area contributed by atoms with E-state index in [-0.39, 0.29) is 10.8 Å². The summed E-state index contributed by atoms with van der Waals surface area (Å²) in [5.41, 5.74) is -2.33. The number of aromatic nitrogens is 1. The molecule has 0 spiro atoms. The number of pyridine rings is 1. The lowest BCUT2D eigenvalue weighted by molar-refractivity contribution is -0.137. The van der Waals surface area contributed by atoms with E-state index in [1.807, 2.05) is 0 Å². The summed E-state index contributed by atoms with van der Waals surface area (Å²) < 4.78 is 41.4. The zero-order chi connectivity index (χ0) is 23.1. The Morgan fingerprint density at radius 2 is 1.84 bits per heavy atom.